The van der Waals surface area contributed by atoms with Gasteiger partial charge in [-0.25, -0.2) is 4.98 Å². The molecule has 4 atom stereocenters. The molecule has 34 heavy (non-hydrogen) atoms. The van der Waals surface area contributed by atoms with Gasteiger partial charge < -0.3 is 10.0 Å². The van der Waals surface area contributed by atoms with E-state index in [0.29, 0.717) is 17.1 Å². The number of piperazine rings is 1. The molecule has 3 aromatic rings. The molecule has 2 bridgehead atoms. The number of hydrogen-bond acceptors (Lipinski definition) is 6. The molecule has 0 amide bonds. The Labute approximate surface area is 206 Å². The Hall–Kier alpha value is -2.19. The minimum atomic E-state index is -0.0343. The molecule has 180 valence electrons. The van der Waals surface area contributed by atoms with Crippen LogP contribution in [0.2, 0.25) is 5.02 Å². The average molecular weight is 481 g/mol. The summed E-state index contributed by atoms with van der Waals surface area (Å²) in [5, 5.41) is 11.3. The fourth-order valence-electron chi connectivity index (χ4n) is 6.55. The van der Waals surface area contributed by atoms with E-state index in [1.807, 2.05) is 18.3 Å². The van der Waals surface area contributed by atoms with Crippen LogP contribution >= 0.6 is 11.6 Å². The number of hydrogen-bond donors (Lipinski definition) is 1. The number of nitrogens with zero attached hydrogens (tertiary/aromatic N) is 6. The van der Waals surface area contributed by atoms with E-state index < -0.39 is 0 Å². The van der Waals surface area contributed by atoms with Gasteiger partial charge in [-0.1, -0.05) is 17.7 Å². The fraction of sp³-hybridized carbons (Fsp3) is 0.538. The molecule has 3 fully saturated rings. The second-order valence-corrected chi connectivity index (χ2v) is 10.5. The molecule has 0 radical (unpaired) electrons. The van der Waals surface area contributed by atoms with Crippen molar-refractivity contribution >= 4 is 23.1 Å². The summed E-state index contributed by atoms with van der Waals surface area (Å²) in [4.78, 5) is 17.1. The Morgan fingerprint density at radius 3 is 2.38 bits per heavy atom. The zero-order valence-corrected chi connectivity index (χ0v) is 20.7. The molecule has 0 spiro atoms. The molecule has 3 saturated heterocycles. The van der Waals surface area contributed by atoms with E-state index in [4.69, 9.17) is 16.6 Å². The van der Waals surface area contributed by atoms with Crippen LogP contribution in [0.3, 0.4) is 0 Å². The maximum absolute atomic E-state index is 10.6. The number of anilines is 1. The van der Waals surface area contributed by atoms with Gasteiger partial charge in [0.1, 0.15) is 11.5 Å². The summed E-state index contributed by atoms with van der Waals surface area (Å²) in [6, 6.07) is 11.6. The molecule has 7 nitrogen and oxygen atoms in total. The average Bonchev–Trinajstić information content (AvgIpc) is 3.30. The van der Waals surface area contributed by atoms with Crippen LogP contribution in [0.4, 0.5) is 5.82 Å². The maximum Gasteiger partial charge on any atom is 0.138 e. The molecule has 8 heteroatoms. The van der Waals surface area contributed by atoms with E-state index in [2.05, 4.69) is 56.4 Å². The fourth-order valence-corrected chi connectivity index (χ4v) is 6.80. The largest absolute Gasteiger partial charge is 0.390 e. The zero-order chi connectivity index (χ0) is 23.4. The van der Waals surface area contributed by atoms with Crippen molar-refractivity contribution in [1.82, 2.24) is 24.2 Å². The number of piperidine rings is 1. The summed E-state index contributed by atoms with van der Waals surface area (Å²) in [6.45, 7) is 2.01. The number of aliphatic hydroxyl groups is 1. The van der Waals surface area contributed by atoms with Gasteiger partial charge in [-0.05, 0) is 70.5 Å². The lowest BCUT2D eigenvalue weighted by Crippen LogP contribution is -2.52. The van der Waals surface area contributed by atoms with Gasteiger partial charge in [-0.3, -0.25) is 19.2 Å². The van der Waals surface area contributed by atoms with Crippen LogP contribution in [0, 0.1) is 0 Å². The maximum atomic E-state index is 10.6. The second kappa shape index (κ2) is 8.79. The minimum absolute atomic E-state index is 0.0343. The molecule has 0 saturated carbocycles. The Kier molecular flexibility index (Phi) is 5.76. The molecule has 6 heterocycles. The lowest BCUT2D eigenvalue weighted by molar-refractivity contribution is 0.108. The Morgan fingerprint density at radius 2 is 1.68 bits per heavy atom. The van der Waals surface area contributed by atoms with Crippen molar-refractivity contribution in [1.29, 1.82) is 0 Å². The van der Waals surface area contributed by atoms with Crippen LogP contribution < -0.4 is 4.90 Å². The lowest BCUT2D eigenvalue weighted by Gasteiger charge is -2.40. The van der Waals surface area contributed by atoms with Crippen LogP contribution in [-0.4, -0.2) is 68.5 Å². The summed E-state index contributed by atoms with van der Waals surface area (Å²) in [5.41, 5.74) is 3.72. The highest BCUT2D eigenvalue weighted by atomic mass is 35.5. The molecule has 2 unspecified atom stereocenters. The van der Waals surface area contributed by atoms with Crippen molar-refractivity contribution in [2.75, 3.05) is 32.1 Å². The number of likely N-dealkylation sites (N-methyl/N-ethyl adjacent to an activating group) is 1. The Bertz CT molecular complexity index is 1180. The molecule has 1 N–H and O–H groups in total. The van der Waals surface area contributed by atoms with Gasteiger partial charge in [0.2, 0.25) is 0 Å². The number of imidazole rings is 1. The van der Waals surface area contributed by atoms with Gasteiger partial charge in [-0.2, -0.15) is 0 Å². The quantitative estimate of drug-likeness (QED) is 0.607. The van der Waals surface area contributed by atoms with Crippen molar-refractivity contribution in [2.45, 2.75) is 62.9 Å². The predicted octanol–water partition coefficient (Wildman–Crippen LogP) is 4.06. The second-order valence-electron chi connectivity index (χ2n) is 10.1. The van der Waals surface area contributed by atoms with Gasteiger partial charge in [0.05, 0.1) is 40.8 Å². The summed E-state index contributed by atoms with van der Waals surface area (Å²) in [7, 11) is 4.40. The third-order valence-corrected chi connectivity index (χ3v) is 8.75. The predicted molar refractivity (Wildman–Crippen MR) is 134 cm³/mol. The monoisotopic (exact) mass is 480 g/mol. The van der Waals surface area contributed by atoms with E-state index in [1.165, 1.54) is 12.8 Å². The van der Waals surface area contributed by atoms with Crippen molar-refractivity contribution in [3.63, 3.8) is 0 Å². The minimum Gasteiger partial charge on any atom is -0.390 e. The smallest absolute Gasteiger partial charge is 0.138 e. The van der Waals surface area contributed by atoms with Gasteiger partial charge in [0.15, 0.2) is 0 Å². The zero-order valence-electron chi connectivity index (χ0n) is 19.9. The van der Waals surface area contributed by atoms with Crippen LogP contribution in [0.15, 0.2) is 36.5 Å². The van der Waals surface area contributed by atoms with Crippen molar-refractivity contribution in [3.05, 3.63) is 58.6 Å². The standard InChI is InChI=1S/C26H33ClN6O/c1-30-17-11-12-18(30)15-32(14-17)24-10-4-9-23-29-26(22(16-34)33(23)24)21-8-3-7-20(31(21)2)25-19(27)6-5-13-28-25/h4-6,9-10,13,17-18,20-21,34H,3,7-8,11-12,14-16H2,1-2H3/t17?,18?,20-,21+/m0/s1. The van der Waals surface area contributed by atoms with E-state index in [-0.39, 0.29) is 18.7 Å². The molecule has 6 rings (SSSR count). The third kappa shape index (κ3) is 3.52. The van der Waals surface area contributed by atoms with E-state index in [9.17, 15) is 5.11 Å². The van der Waals surface area contributed by atoms with Crippen LogP contribution in [-0.2, 0) is 6.61 Å². The normalized spacial score (nSPS) is 28.2. The number of aliphatic hydroxyl groups excluding tert-OH is 1. The molecule has 3 aliphatic rings. The number of fused-ring (bicyclic) bond motifs is 3. The van der Waals surface area contributed by atoms with Crippen molar-refractivity contribution < 1.29 is 5.11 Å². The van der Waals surface area contributed by atoms with E-state index >= 15 is 0 Å². The first-order valence-electron chi connectivity index (χ1n) is 12.5. The summed E-state index contributed by atoms with van der Waals surface area (Å²) < 4.78 is 2.20. The Morgan fingerprint density at radius 1 is 0.941 bits per heavy atom. The highest BCUT2D eigenvalue weighted by Crippen LogP contribution is 2.43. The van der Waals surface area contributed by atoms with Gasteiger partial charge in [0, 0.05) is 31.4 Å². The molecule has 3 aromatic heterocycles. The lowest BCUT2D eigenvalue weighted by atomic mass is 9.91. The number of likely N-dealkylation sites (tertiary alicyclic amines) is 1. The van der Waals surface area contributed by atoms with Crippen LogP contribution in [0.25, 0.3) is 5.65 Å². The topological polar surface area (TPSA) is 60.1 Å². The van der Waals surface area contributed by atoms with Crippen LogP contribution in [0.5, 0.6) is 0 Å². The SMILES string of the molecule is CN1C2CCC1CN(c1cccc3nc([C@H]4CCC[C@@H](c5ncccc5Cl)N4C)c(CO)n13)C2. The molecule has 3 aliphatic heterocycles. The van der Waals surface area contributed by atoms with Crippen LogP contribution in [0.1, 0.15) is 61.3 Å². The molecular weight excluding hydrogens is 448 g/mol. The number of pyridine rings is 2. The van der Waals surface area contributed by atoms with E-state index in [1.54, 1.807) is 0 Å². The first kappa shape index (κ1) is 22.3. The molecule has 0 aromatic carbocycles. The highest BCUT2D eigenvalue weighted by molar-refractivity contribution is 6.31. The first-order chi connectivity index (χ1) is 16.6. The first-order valence-corrected chi connectivity index (χ1v) is 12.8. The van der Waals surface area contributed by atoms with Gasteiger partial charge >= 0.3 is 0 Å². The Balaban J connectivity index is 1.39. The highest BCUT2D eigenvalue weighted by Gasteiger charge is 2.39. The summed E-state index contributed by atoms with van der Waals surface area (Å²) in [5.74, 6) is 1.15. The number of aromatic nitrogens is 3. The number of halogens is 1. The van der Waals surface area contributed by atoms with E-state index in [0.717, 1.165) is 60.9 Å². The summed E-state index contributed by atoms with van der Waals surface area (Å²) >= 11 is 6.53. The van der Waals surface area contributed by atoms with Crippen molar-refractivity contribution in [3.8, 4) is 0 Å². The van der Waals surface area contributed by atoms with Crippen molar-refractivity contribution in [2.24, 2.45) is 0 Å². The van der Waals surface area contributed by atoms with Gasteiger partial charge in [-0.15, -0.1) is 0 Å². The number of rotatable bonds is 4. The molecular formula is C26H33ClN6O. The molecule has 0 aliphatic carbocycles. The third-order valence-electron chi connectivity index (χ3n) is 8.43. The summed E-state index contributed by atoms with van der Waals surface area (Å²) in [6.07, 6.45) is 7.43. The van der Waals surface area contributed by atoms with Gasteiger partial charge in [0.25, 0.3) is 0 Å².